The average molecular weight is 180 g/mol. The zero-order chi connectivity index (χ0) is 5.15. The summed E-state index contributed by atoms with van der Waals surface area (Å²) in [6.45, 7) is 1.32. The van der Waals surface area contributed by atoms with Crippen LogP contribution in [0.5, 0.6) is 0 Å². The third-order valence-electron chi connectivity index (χ3n) is 0.412. The fourth-order valence-electron chi connectivity index (χ4n) is 0. The van der Waals surface area contributed by atoms with Crippen LogP contribution in [-0.2, 0) is 31.0 Å². The molecule has 0 saturated carbocycles. The van der Waals surface area contributed by atoms with E-state index in [0.29, 0.717) is 0 Å². The van der Waals surface area contributed by atoms with Crippen LogP contribution in [0.1, 0.15) is 6.92 Å². The van der Waals surface area contributed by atoms with Crippen molar-refractivity contribution in [2.24, 2.45) is 5.73 Å². The van der Waals surface area contributed by atoms with Crippen molar-refractivity contribution < 1.29 is 36.1 Å². The molecule has 0 rings (SSSR count). The van der Waals surface area contributed by atoms with Crippen LogP contribution in [0.2, 0.25) is 0 Å². The van der Waals surface area contributed by atoms with E-state index in [4.69, 9.17) is 5.11 Å². The summed E-state index contributed by atoms with van der Waals surface area (Å²) in [4.78, 5) is 9.67. The molecule has 0 aliphatic rings. The topological polar surface area (TPSA) is 63.3 Å². The Morgan fingerprint density at radius 3 is 2.00 bits per heavy atom. The number of primary amides is 1. The molecule has 0 aliphatic heterocycles. The summed E-state index contributed by atoms with van der Waals surface area (Å²) in [5, 5.41) is 8.16. The Morgan fingerprint density at radius 2 is 2.00 bits per heavy atom. The summed E-state index contributed by atoms with van der Waals surface area (Å²) >= 11 is 0. The summed E-state index contributed by atoms with van der Waals surface area (Å²) in [6, 6.07) is 0. The molecule has 0 aromatic carbocycles. The molecule has 40 valence electrons. The van der Waals surface area contributed by atoms with Gasteiger partial charge < -0.3 is 10.8 Å². The summed E-state index contributed by atoms with van der Waals surface area (Å²) < 4.78 is 0. The van der Waals surface area contributed by atoms with Gasteiger partial charge >= 0.3 is 0 Å². The van der Waals surface area contributed by atoms with Crippen LogP contribution >= 0.6 is 0 Å². The first kappa shape index (κ1) is 10.3. The van der Waals surface area contributed by atoms with Crippen molar-refractivity contribution in [3.8, 4) is 0 Å². The van der Waals surface area contributed by atoms with Gasteiger partial charge in [0.05, 0.1) is 0 Å². The molecule has 4 heteroatoms. The Kier molecular flexibility index (Phi) is 6.60. The first-order valence-electron chi connectivity index (χ1n) is 1.62. The van der Waals surface area contributed by atoms with E-state index < -0.39 is 12.0 Å². The molecule has 3 N–H and O–H groups in total. The standard InChI is InChI=1S/C3H7NO2.Zr/c1-2(5)3(4)6;/h2,5H,1H3,(H2,4,6);. The van der Waals surface area contributed by atoms with E-state index >= 15 is 0 Å². The third kappa shape index (κ3) is 6.31. The number of carbonyl (C=O) groups is 1. The molecule has 0 aromatic rings. The molecule has 3 nitrogen and oxygen atoms in total. The molecule has 0 heterocycles. The summed E-state index contributed by atoms with van der Waals surface area (Å²) in [5.74, 6) is -0.685. The molecule has 0 fully saturated rings. The van der Waals surface area contributed by atoms with E-state index in [9.17, 15) is 4.79 Å². The predicted octanol–water partition coefficient (Wildman–Crippen LogP) is -1.15. The Bertz CT molecular complexity index is 64.0. The Hall–Kier alpha value is 0.313. The molecule has 0 radical (unpaired) electrons. The fourth-order valence-corrected chi connectivity index (χ4v) is 0. The molecule has 0 saturated heterocycles. The van der Waals surface area contributed by atoms with Crippen LogP contribution < -0.4 is 5.73 Å². The van der Waals surface area contributed by atoms with Crippen molar-refractivity contribution in [2.45, 2.75) is 13.0 Å². The molecule has 1 atom stereocenters. The Balaban J connectivity index is 0. The van der Waals surface area contributed by atoms with Gasteiger partial charge in [-0.25, -0.2) is 0 Å². The minimum atomic E-state index is -1.01. The minimum absolute atomic E-state index is 0. The van der Waals surface area contributed by atoms with Crippen molar-refractivity contribution in [2.75, 3.05) is 0 Å². The van der Waals surface area contributed by atoms with Crippen LogP contribution in [0.3, 0.4) is 0 Å². The predicted molar refractivity (Wildman–Crippen MR) is 20.9 cm³/mol. The third-order valence-corrected chi connectivity index (χ3v) is 0.412. The van der Waals surface area contributed by atoms with Crippen LogP contribution in [0.4, 0.5) is 0 Å². The van der Waals surface area contributed by atoms with Gasteiger partial charge in [0, 0.05) is 26.2 Å². The minimum Gasteiger partial charge on any atom is -0.384 e. The van der Waals surface area contributed by atoms with E-state index in [1.807, 2.05) is 0 Å². The van der Waals surface area contributed by atoms with E-state index in [1.54, 1.807) is 0 Å². The van der Waals surface area contributed by atoms with Crippen LogP contribution in [0, 0.1) is 0 Å². The average Bonchev–Trinajstić information content (AvgIpc) is 1.36. The van der Waals surface area contributed by atoms with Gasteiger partial charge in [0.2, 0.25) is 5.91 Å². The second-order valence-corrected chi connectivity index (χ2v) is 1.08. The normalized spacial score (nSPS) is 11.7. The van der Waals surface area contributed by atoms with Crippen molar-refractivity contribution in [3.63, 3.8) is 0 Å². The number of hydrogen-bond donors (Lipinski definition) is 2. The van der Waals surface area contributed by atoms with Crippen molar-refractivity contribution in [1.82, 2.24) is 0 Å². The number of carbonyl (C=O) groups excluding carboxylic acids is 1. The second-order valence-electron chi connectivity index (χ2n) is 1.08. The largest absolute Gasteiger partial charge is 0.384 e. The molecular formula is C3H7NO2Zr. The Morgan fingerprint density at radius 1 is 1.86 bits per heavy atom. The summed E-state index contributed by atoms with van der Waals surface area (Å²) in [5.41, 5.74) is 4.55. The van der Waals surface area contributed by atoms with Crippen molar-refractivity contribution in [1.29, 1.82) is 0 Å². The van der Waals surface area contributed by atoms with Gasteiger partial charge in [0.1, 0.15) is 6.10 Å². The van der Waals surface area contributed by atoms with Gasteiger partial charge in [-0.1, -0.05) is 0 Å². The van der Waals surface area contributed by atoms with Gasteiger partial charge in [-0.15, -0.1) is 0 Å². The maximum atomic E-state index is 9.67. The van der Waals surface area contributed by atoms with Gasteiger partial charge in [0.25, 0.3) is 0 Å². The number of rotatable bonds is 1. The van der Waals surface area contributed by atoms with E-state index in [0.717, 1.165) is 0 Å². The number of hydrogen-bond acceptors (Lipinski definition) is 2. The van der Waals surface area contributed by atoms with Gasteiger partial charge in [-0.05, 0) is 6.92 Å². The van der Waals surface area contributed by atoms with Gasteiger partial charge in [-0.2, -0.15) is 0 Å². The second kappa shape index (κ2) is 4.47. The molecule has 0 aliphatic carbocycles. The molecule has 0 bridgehead atoms. The zero-order valence-electron chi connectivity index (χ0n) is 4.01. The molecule has 1 unspecified atom stereocenters. The molecular weight excluding hydrogens is 173 g/mol. The van der Waals surface area contributed by atoms with Crippen molar-refractivity contribution >= 4 is 5.91 Å². The molecule has 1 amide bonds. The van der Waals surface area contributed by atoms with Gasteiger partial charge in [-0.3, -0.25) is 4.79 Å². The van der Waals surface area contributed by atoms with Crippen LogP contribution in [0.25, 0.3) is 0 Å². The number of aliphatic hydroxyl groups excluding tert-OH is 1. The number of amides is 1. The number of aliphatic hydroxyl groups is 1. The van der Waals surface area contributed by atoms with Crippen LogP contribution in [-0.4, -0.2) is 17.1 Å². The molecule has 0 spiro atoms. The van der Waals surface area contributed by atoms with Gasteiger partial charge in [0.15, 0.2) is 0 Å². The molecule has 7 heavy (non-hydrogen) atoms. The van der Waals surface area contributed by atoms with Crippen molar-refractivity contribution in [3.05, 3.63) is 0 Å². The maximum Gasteiger partial charge on any atom is 0.245 e. The summed E-state index contributed by atoms with van der Waals surface area (Å²) in [7, 11) is 0. The first-order chi connectivity index (χ1) is 2.64. The monoisotopic (exact) mass is 179 g/mol. The van der Waals surface area contributed by atoms with E-state index in [1.165, 1.54) is 6.92 Å². The van der Waals surface area contributed by atoms with Crippen LogP contribution in [0.15, 0.2) is 0 Å². The van der Waals surface area contributed by atoms with E-state index in [2.05, 4.69) is 5.73 Å². The fraction of sp³-hybridized carbons (Fsp3) is 0.667. The Labute approximate surface area is 61.0 Å². The maximum absolute atomic E-state index is 9.67. The molecule has 0 aromatic heterocycles. The number of nitrogens with two attached hydrogens (primary N) is 1. The first-order valence-corrected chi connectivity index (χ1v) is 1.62. The van der Waals surface area contributed by atoms with E-state index in [-0.39, 0.29) is 26.2 Å². The smallest absolute Gasteiger partial charge is 0.245 e. The quantitative estimate of drug-likeness (QED) is 0.535. The summed E-state index contributed by atoms with van der Waals surface area (Å²) in [6.07, 6.45) is -1.01. The SMILES string of the molecule is CC(O)C(N)=O.[Zr]. The zero-order valence-corrected chi connectivity index (χ0v) is 6.47.